The normalized spacial score (nSPS) is 18.7. The van der Waals surface area contributed by atoms with Crippen LogP contribution in [0.1, 0.15) is 65.2 Å². The number of alkyl halides is 6. The van der Waals surface area contributed by atoms with Crippen LogP contribution in [-0.2, 0) is 26.4 Å². The van der Waals surface area contributed by atoms with E-state index in [1.165, 1.54) is 0 Å². The predicted octanol–water partition coefficient (Wildman–Crippen LogP) is 6.26. The van der Waals surface area contributed by atoms with E-state index in [0.717, 1.165) is 6.08 Å². The molecule has 0 aromatic heterocycles. The minimum absolute atomic E-state index is 0.0464. The van der Waals surface area contributed by atoms with E-state index in [1.807, 2.05) is 0 Å². The third kappa shape index (κ3) is 7.15. The summed E-state index contributed by atoms with van der Waals surface area (Å²) in [5, 5.41) is 2.45. The molecule has 1 aliphatic heterocycles. The summed E-state index contributed by atoms with van der Waals surface area (Å²) in [6.45, 7) is 11.5. The van der Waals surface area contributed by atoms with Crippen LogP contribution in [0.4, 0.5) is 31.1 Å². The maximum absolute atomic E-state index is 13.3. The van der Waals surface area contributed by atoms with Crippen LogP contribution in [0.2, 0.25) is 0 Å². The molecule has 0 atom stereocenters. The first-order chi connectivity index (χ1) is 15.1. The van der Waals surface area contributed by atoms with Crippen LogP contribution >= 0.6 is 0 Å². The Balaban J connectivity index is 2.52. The lowest BCUT2D eigenvalue weighted by Gasteiger charge is -2.32. The molecule has 1 fully saturated rings. The van der Waals surface area contributed by atoms with Gasteiger partial charge in [0.25, 0.3) is 0 Å². The van der Waals surface area contributed by atoms with Crippen LogP contribution in [0.15, 0.2) is 23.7 Å². The molecule has 1 heterocycles. The minimum Gasteiger partial charge on any atom is -0.444 e. The molecule has 1 aromatic rings. The van der Waals surface area contributed by atoms with Crippen molar-refractivity contribution in [2.45, 2.75) is 77.6 Å². The zero-order valence-corrected chi connectivity index (χ0v) is 20.0. The molecular formula is C22H28BF6NO4. The number of carbonyl (C=O) groups is 1. The van der Waals surface area contributed by atoms with Gasteiger partial charge < -0.3 is 19.4 Å². The molecule has 0 unspecified atom stereocenters. The molecule has 0 saturated carbocycles. The van der Waals surface area contributed by atoms with E-state index in [0.29, 0.717) is 12.1 Å². The summed E-state index contributed by atoms with van der Waals surface area (Å²) in [5.41, 5.74) is -5.68. The van der Waals surface area contributed by atoms with Crippen LogP contribution < -0.4 is 5.32 Å². The molecule has 1 saturated heterocycles. The second kappa shape index (κ2) is 9.11. The number of halogens is 6. The molecule has 1 aromatic carbocycles. The van der Waals surface area contributed by atoms with E-state index in [1.54, 1.807) is 48.5 Å². The van der Waals surface area contributed by atoms with Gasteiger partial charge in [-0.15, -0.1) is 0 Å². The quantitative estimate of drug-likeness (QED) is 0.396. The Hall–Kier alpha value is -2.21. The molecule has 190 valence electrons. The maximum Gasteiger partial charge on any atom is 0.492 e. The van der Waals surface area contributed by atoms with Gasteiger partial charge in [-0.2, -0.15) is 26.3 Å². The van der Waals surface area contributed by atoms with Crippen molar-refractivity contribution >= 4 is 19.3 Å². The van der Waals surface area contributed by atoms with Crippen molar-refractivity contribution in [3.05, 3.63) is 40.4 Å². The van der Waals surface area contributed by atoms with Crippen molar-refractivity contribution < 1.29 is 45.2 Å². The van der Waals surface area contributed by atoms with Gasteiger partial charge in [0.15, 0.2) is 0 Å². The zero-order valence-electron chi connectivity index (χ0n) is 20.0. The number of hydrogen-bond acceptors (Lipinski definition) is 4. The van der Waals surface area contributed by atoms with Crippen LogP contribution in [0.25, 0.3) is 6.08 Å². The van der Waals surface area contributed by atoms with Crippen molar-refractivity contribution in [2.75, 3.05) is 6.54 Å². The number of rotatable bonds is 4. The monoisotopic (exact) mass is 495 g/mol. The lowest BCUT2D eigenvalue weighted by atomic mass is 9.76. The van der Waals surface area contributed by atoms with Crippen molar-refractivity contribution in [1.29, 1.82) is 0 Å². The van der Waals surface area contributed by atoms with Crippen molar-refractivity contribution in [2.24, 2.45) is 0 Å². The Kier molecular flexibility index (Phi) is 7.51. The van der Waals surface area contributed by atoms with Gasteiger partial charge in [-0.05, 0) is 77.7 Å². The summed E-state index contributed by atoms with van der Waals surface area (Å²) in [5.74, 6) is 0. The fraction of sp³-hybridized carbons (Fsp3) is 0.591. The molecular weight excluding hydrogens is 467 g/mol. The van der Waals surface area contributed by atoms with Gasteiger partial charge in [0.05, 0.1) is 22.3 Å². The second-order valence-corrected chi connectivity index (χ2v) is 10.0. The lowest BCUT2D eigenvalue weighted by Crippen LogP contribution is -2.41. The number of benzene rings is 1. The third-order valence-corrected chi connectivity index (χ3v) is 5.35. The number of nitrogens with one attached hydrogen (secondary N) is 1. The van der Waals surface area contributed by atoms with Crippen LogP contribution in [0, 0.1) is 0 Å². The van der Waals surface area contributed by atoms with Crippen LogP contribution in [-0.4, -0.2) is 36.6 Å². The van der Waals surface area contributed by atoms with Crippen LogP contribution in [0.5, 0.6) is 0 Å². The average molecular weight is 495 g/mol. The highest BCUT2D eigenvalue weighted by Gasteiger charge is 2.52. The second-order valence-electron chi connectivity index (χ2n) is 10.0. The van der Waals surface area contributed by atoms with Gasteiger partial charge in [0.2, 0.25) is 0 Å². The number of alkyl carbamates (subject to hydrolysis) is 1. The lowest BCUT2D eigenvalue weighted by molar-refractivity contribution is -0.143. The topological polar surface area (TPSA) is 56.8 Å². The molecule has 1 amide bonds. The minimum atomic E-state index is -5.00. The first kappa shape index (κ1) is 28.0. The highest BCUT2D eigenvalue weighted by atomic mass is 19.4. The fourth-order valence-corrected chi connectivity index (χ4v) is 2.96. The molecule has 0 bridgehead atoms. The van der Waals surface area contributed by atoms with Crippen LogP contribution in [0.3, 0.4) is 0 Å². The summed E-state index contributed by atoms with van der Waals surface area (Å²) in [7, 11) is -1.14. The predicted molar refractivity (Wildman–Crippen MR) is 115 cm³/mol. The third-order valence-electron chi connectivity index (χ3n) is 5.35. The Bertz CT molecular complexity index is 900. The molecule has 1 aliphatic rings. The standard InChI is InChI=1S/C22H28BF6NO4/c1-18(2,3)32-17(31)30-12-16(23-33-19(4,5)20(6,7)34-23)10-13-8-14(21(24,25)26)11-15(9-13)22(27,28)29/h8-11H,12H2,1-7H3,(H,30,31). The highest BCUT2D eigenvalue weighted by molar-refractivity contribution is 6.56. The molecule has 12 heteroatoms. The SMILES string of the molecule is CC(C)(C)OC(=O)NCC(=Cc1cc(C(F)(F)F)cc(C(F)(F)F)c1)B1OC(C)(C)C(C)(C)O1. The van der Waals surface area contributed by atoms with E-state index in [9.17, 15) is 31.1 Å². The van der Waals surface area contributed by atoms with Gasteiger partial charge in [0.1, 0.15) is 5.60 Å². The molecule has 1 N–H and O–H groups in total. The highest BCUT2D eigenvalue weighted by Crippen LogP contribution is 2.40. The van der Waals surface area contributed by atoms with E-state index in [4.69, 9.17) is 14.0 Å². The fourth-order valence-electron chi connectivity index (χ4n) is 2.96. The molecule has 2 rings (SSSR count). The van der Waals surface area contributed by atoms with Crippen molar-refractivity contribution in [3.63, 3.8) is 0 Å². The van der Waals surface area contributed by atoms with Gasteiger partial charge in [-0.25, -0.2) is 4.79 Å². The number of amides is 1. The van der Waals surface area contributed by atoms with E-state index in [-0.39, 0.29) is 23.6 Å². The Morgan fingerprint density at radius 1 is 0.941 bits per heavy atom. The first-order valence-electron chi connectivity index (χ1n) is 10.4. The van der Waals surface area contributed by atoms with Gasteiger partial charge in [-0.3, -0.25) is 0 Å². The molecule has 0 spiro atoms. The van der Waals surface area contributed by atoms with E-state index < -0.39 is 53.5 Å². The Morgan fingerprint density at radius 2 is 1.38 bits per heavy atom. The largest absolute Gasteiger partial charge is 0.492 e. The summed E-state index contributed by atoms with van der Waals surface area (Å²) in [6, 6.07) is 1.23. The Labute approximate surface area is 195 Å². The molecule has 0 aliphatic carbocycles. The number of ether oxygens (including phenoxy) is 1. The van der Waals surface area contributed by atoms with Gasteiger partial charge >= 0.3 is 25.6 Å². The van der Waals surface area contributed by atoms with Crippen molar-refractivity contribution in [1.82, 2.24) is 5.32 Å². The zero-order chi connectivity index (χ0) is 26.3. The smallest absolute Gasteiger partial charge is 0.444 e. The van der Waals surface area contributed by atoms with E-state index >= 15 is 0 Å². The van der Waals surface area contributed by atoms with Crippen molar-refractivity contribution in [3.8, 4) is 0 Å². The first-order valence-corrected chi connectivity index (χ1v) is 10.4. The van der Waals surface area contributed by atoms with Gasteiger partial charge in [-0.1, -0.05) is 6.08 Å². The molecule has 34 heavy (non-hydrogen) atoms. The Morgan fingerprint density at radius 3 is 1.76 bits per heavy atom. The average Bonchev–Trinajstić information content (AvgIpc) is 2.82. The summed E-state index contributed by atoms with van der Waals surface area (Å²) in [4.78, 5) is 12.1. The summed E-state index contributed by atoms with van der Waals surface area (Å²) >= 11 is 0. The molecule has 0 radical (unpaired) electrons. The summed E-state index contributed by atoms with van der Waals surface area (Å²) < 4.78 is 96.6. The number of carbonyl (C=O) groups excluding carboxylic acids is 1. The molecule has 5 nitrogen and oxygen atoms in total. The number of hydrogen-bond donors (Lipinski definition) is 1. The maximum atomic E-state index is 13.3. The van der Waals surface area contributed by atoms with Gasteiger partial charge in [0, 0.05) is 6.54 Å². The summed E-state index contributed by atoms with van der Waals surface area (Å²) in [6.07, 6.45) is -9.73. The van der Waals surface area contributed by atoms with E-state index in [2.05, 4.69) is 5.32 Å².